The van der Waals surface area contributed by atoms with Crippen LogP contribution in [0.15, 0.2) is 72.8 Å². The number of amides is 2. The van der Waals surface area contributed by atoms with Gasteiger partial charge in [0.15, 0.2) is 0 Å². The van der Waals surface area contributed by atoms with Gasteiger partial charge in [0.2, 0.25) is 5.91 Å². The molecule has 42 heavy (non-hydrogen) atoms. The van der Waals surface area contributed by atoms with Gasteiger partial charge in [-0.3, -0.25) is 14.4 Å². The number of halogens is 1. The van der Waals surface area contributed by atoms with Gasteiger partial charge in [-0.15, -0.1) is 0 Å². The number of benzene rings is 2. The third-order valence-electron chi connectivity index (χ3n) is 9.09. The molecule has 4 aliphatic rings. The molecule has 2 fully saturated rings. The molecule has 1 spiro atoms. The van der Waals surface area contributed by atoms with E-state index < -0.39 is 59.5 Å². The van der Waals surface area contributed by atoms with Crippen LogP contribution in [0.2, 0.25) is 5.02 Å². The molecule has 6 rings (SSSR count). The molecule has 220 valence electrons. The maximum Gasteiger partial charge on any atom is 0.313 e. The number of anilines is 1. The van der Waals surface area contributed by atoms with Gasteiger partial charge in [-0.25, -0.2) is 0 Å². The molecule has 4 heterocycles. The van der Waals surface area contributed by atoms with Crippen LogP contribution in [0.4, 0.5) is 5.69 Å². The molecule has 0 aromatic heterocycles. The molecule has 2 aromatic carbocycles. The summed E-state index contributed by atoms with van der Waals surface area (Å²) in [5.74, 6) is -3.40. The number of esters is 1. The third kappa shape index (κ3) is 4.39. The minimum atomic E-state index is -1.49. The number of carbonyl (C=O) groups excluding carboxylic acids is 3. The quantitative estimate of drug-likeness (QED) is 0.415. The molecule has 1 N–H and O–H groups in total. The summed E-state index contributed by atoms with van der Waals surface area (Å²) >= 11 is 6.65. The number of allylic oxidation sites excluding steroid dienone is 1. The van der Waals surface area contributed by atoms with E-state index in [9.17, 15) is 19.5 Å². The van der Waals surface area contributed by atoms with Crippen LogP contribution in [0.5, 0.6) is 0 Å². The first-order valence-electron chi connectivity index (χ1n) is 14.5. The van der Waals surface area contributed by atoms with Gasteiger partial charge < -0.3 is 24.4 Å². The van der Waals surface area contributed by atoms with Crippen molar-refractivity contribution in [3.8, 4) is 0 Å². The maximum absolute atomic E-state index is 14.9. The molecule has 6 atom stereocenters. The molecule has 0 radical (unpaired) electrons. The highest BCUT2D eigenvalue weighted by molar-refractivity contribution is 6.34. The van der Waals surface area contributed by atoms with Crippen LogP contribution < -0.4 is 4.90 Å². The Labute approximate surface area is 250 Å². The van der Waals surface area contributed by atoms with E-state index in [1.54, 1.807) is 24.0 Å². The molecular formula is C33H35ClN2O6. The zero-order chi connectivity index (χ0) is 29.6. The Morgan fingerprint density at radius 1 is 1.00 bits per heavy atom. The number of likely N-dealkylation sites (tertiary alicyclic amines) is 1. The summed E-state index contributed by atoms with van der Waals surface area (Å²) in [5.41, 5.74) is -0.669. The number of aliphatic hydroxyl groups is 1. The summed E-state index contributed by atoms with van der Waals surface area (Å²) in [7, 11) is 0. The van der Waals surface area contributed by atoms with E-state index in [4.69, 9.17) is 21.1 Å². The van der Waals surface area contributed by atoms with Crippen LogP contribution in [-0.4, -0.2) is 64.8 Å². The number of aryl methyl sites for hydroxylation is 1. The van der Waals surface area contributed by atoms with Crippen LogP contribution in [0.25, 0.3) is 0 Å². The number of carbonyl (C=O) groups is 3. The number of fused-ring (bicyclic) bond motifs is 2. The van der Waals surface area contributed by atoms with Crippen molar-refractivity contribution < 1.29 is 29.0 Å². The molecule has 0 aliphatic carbocycles. The minimum absolute atomic E-state index is 0.191. The Morgan fingerprint density at radius 2 is 1.79 bits per heavy atom. The molecule has 0 saturated carbocycles. The molecule has 2 aromatic rings. The second-order valence-electron chi connectivity index (χ2n) is 11.7. The zero-order valence-corrected chi connectivity index (χ0v) is 24.5. The smallest absolute Gasteiger partial charge is 0.313 e. The number of cyclic esters (lactones) is 1. The maximum atomic E-state index is 14.9. The number of nitrogens with zero attached hydrogens (tertiary/aromatic N) is 2. The Bertz CT molecular complexity index is 1440. The second kappa shape index (κ2) is 11.0. The molecule has 9 heteroatoms. The van der Waals surface area contributed by atoms with Crippen LogP contribution in [0, 0.1) is 18.8 Å². The predicted molar refractivity (Wildman–Crippen MR) is 158 cm³/mol. The van der Waals surface area contributed by atoms with Crippen molar-refractivity contribution in [3.05, 3.63) is 89.0 Å². The van der Waals surface area contributed by atoms with E-state index in [2.05, 4.69) is 0 Å². The monoisotopic (exact) mass is 590 g/mol. The van der Waals surface area contributed by atoms with Gasteiger partial charge >= 0.3 is 5.97 Å². The fourth-order valence-corrected chi connectivity index (χ4v) is 7.59. The molecule has 4 aliphatic heterocycles. The van der Waals surface area contributed by atoms with Gasteiger partial charge in [-0.2, -0.15) is 0 Å². The van der Waals surface area contributed by atoms with E-state index in [0.29, 0.717) is 22.7 Å². The summed E-state index contributed by atoms with van der Waals surface area (Å²) in [6.45, 7) is 3.68. The second-order valence-corrected chi connectivity index (χ2v) is 12.1. The summed E-state index contributed by atoms with van der Waals surface area (Å²) in [6, 6.07) is 12.5. The Morgan fingerprint density at radius 3 is 2.52 bits per heavy atom. The van der Waals surface area contributed by atoms with Gasteiger partial charge in [0.05, 0.1) is 41.5 Å². The van der Waals surface area contributed by atoms with Crippen LogP contribution in [0.3, 0.4) is 0 Å². The van der Waals surface area contributed by atoms with Crippen LogP contribution >= 0.6 is 11.6 Å². The molecule has 8 nitrogen and oxygen atoms in total. The SMILES string of the molecule is Cc1cccc(Cl)c1N1CC=C[C@]23O[C@@]4(C)/C=C\CCCCOC(=O)[C@H]4[C@H]2C(=O)N([C@H](CO)c2ccccc2)C3C1=O. The van der Waals surface area contributed by atoms with Crippen molar-refractivity contribution in [3.63, 3.8) is 0 Å². The van der Waals surface area contributed by atoms with Crippen LogP contribution in [0.1, 0.15) is 43.4 Å². The fourth-order valence-electron chi connectivity index (χ4n) is 7.27. The van der Waals surface area contributed by atoms with E-state index in [1.807, 2.05) is 67.6 Å². The van der Waals surface area contributed by atoms with Gasteiger partial charge in [0, 0.05) is 6.54 Å². The molecule has 2 amide bonds. The lowest BCUT2D eigenvalue weighted by atomic mass is 9.74. The summed E-state index contributed by atoms with van der Waals surface area (Å²) in [4.78, 5) is 46.3. The lowest BCUT2D eigenvalue weighted by molar-refractivity contribution is -0.160. The van der Waals surface area contributed by atoms with Crippen molar-refractivity contribution >= 4 is 35.1 Å². The first kappa shape index (κ1) is 28.6. The highest BCUT2D eigenvalue weighted by Crippen LogP contribution is 2.58. The Hall–Kier alpha value is -3.46. The number of ether oxygens (including phenoxy) is 2. The van der Waals surface area contributed by atoms with Gasteiger partial charge in [0.25, 0.3) is 5.91 Å². The minimum Gasteiger partial charge on any atom is -0.465 e. The highest BCUT2D eigenvalue weighted by Gasteiger charge is 2.75. The molecule has 2 saturated heterocycles. The summed E-state index contributed by atoms with van der Waals surface area (Å²) < 4.78 is 12.6. The molecule has 0 bridgehead atoms. The van der Waals surface area contributed by atoms with Gasteiger partial charge in [-0.05, 0) is 50.3 Å². The number of hydrogen-bond donors (Lipinski definition) is 1. The largest absolute Gasteiger partial charge is 0.465 e. The molecule has 1 unspecified atom stereocenters. The first-order valence-corrected chi connectivity index (χ1v) is 14.9. The third-order valence-corrected chi connectivity index (χ3v) is 9.39. The van der Waals surface area contributed by atoms with E-state index >= 15 is 0 Å². The van der Waals surface area contributed by atoms with Crippen molar-refractivity contribution in [2.45, 2.75) is 56.4 Å². The lowest BCUT2D eigenvalue weighted by Crippen LogP contribution is -2.57. The highest BCUT2D eigenvalue weighted by atomic mass is 35.5. The number of rotatable bonds is 4. The predicted octanol–water partition coefficient (Wildman–Crippen LogP) is 4.54. The Kier molecular flexibility index (Phi) is 7.50. The summed E-state index contributed by atoms with van der Waals surface area (Å²) in [5, 5.41) is 11.1. The van der Waals surface area contributed by atoms with Crippen molar-refractivity contribution in [2.75, 3.05) is 24.7 Å². The zero-order valence-electron chi connectivity index (χ0n) is 23.7. The topological polar surface area (TPSA) is 96.4 Å². The summed E-state index contributed by atoms with van der Waals surface area (Å²) in [6.07, 6.45) is 9.78. The number of aliphatic hydroxyl groups excluding tert-OH is 1. The van der Waals surface area contributed by atoms with Gasteiger partial charge in [-0.1, -0.05) is 78.4 Å². The number of para-hydroxylation sites is 1. The fraction of sp³-hybridized carbons (Fsp3) is 0.424. The Balaban J connectivity index is 1.56. The van der Waals surface area contributed by atoms with Crippen molar-refractivity contribution in [1.29, 1.82) is 0 Å². The van der Waals surface area contributed by atoms with Gasteiger partial charge in [0.1, 0.15) is 17.6 Å². The number of hydrogen-bond acceptors (Lipinski definition) is 6. The average molecular weight is 591 g/mol. The lowest BCUT2D eigenvalue weighted by Gasteiger charge is -2.40. The van der Waals surface area contributed by atoms with E-state index in [0.717, 1.165) is 18.4 Å². The molecular weight excluding hydrogens is 556 g/mol. The average Bonchev–Trinajstić information content (AvgIpc) is 3.30. The first-order chi connectivity index (χ1) is 20.2. The van der Waals surface area contributed by atoms with Crippen LogP contribution in [-0.2, 0) is 23.9 Å². The van der Waals surface area contributed by atoms with Crippen molar-refractivity contribution in [2.24, 2.45) is 11.8 Å². The van der Waals surface area contributed by atoms with E-state index in [1.165, 1.54) is 4.90 Å². The van der Waals surface area contributed by atoms with E-state index in [-0.39, 0.29) is 13.2 Å². The van der Waals surface area contributed by atoms with Crippen molar-refractivity contribution in [1.82, 2.24) is 4.90 Å². The normalized spacial score (nSPS) is 32.5. The standard InChI is InChI=1S/C33H35ClN2O6/c1-21-12-10-15-23(34)27(21)35-18-11-17-33-25(26-31(40)41-19-9-4-3-8-16-32(26,2)42-33)29(38)36(28(33)30(35)39)24(20-37)22-13-6-5-7-14-22/h5-8,10-17,24-26,28,37H,3-4,9,18-20H2,1-2H3/b16-8-/t24-,25+,26-,28?,32+,33+/m1/s1.